The van der Waals surface area contributed by atoms with E-state index in [-0.39, 0.29) is 0 Å². The lowest BCUT2D eigenvalue weighted by molar-refractivity contribution is 0.103. The molecule has 12 heavy (non-hydrogen) atoms. The number of hydrogen-bond acceptors (Lipinski definition) is 1. The first-order valence-electron chi connectivity index (χ1n) is 4.47. The lowest BCUT2D eigenvalue weighted by Crippen LogP contribution is -2.19. The smallest absolute Gasteiger partial charge is 0.0802 e. The number of allylic oxidation sites excluding steroid dienone is 3. The van der Waals surface area contributed by atoms with Gasteiger partial charge in [0.1, 0.15) is 0 Å². The summed E-state index contributed by atoms with van der Waals surface area (Å²) in [5.41, 5.74) is 0.673. The van der Waals surface area contributed by atoms with Gasteiger partial charge in [0.05, 0.1) is 5.60 Å². The van der Waals surface area contributed by atoms with Crippen molar-refractivity contribution in [1.82, 2.24) is 0 Å². The summed E-state index contributed by atoms with van der Waals surface area (Å²) in [5.74, 6) is 0. The van der Waals surface area contributed by atoms with Crippen LogP contribution in [0.1, 0.15) is 40.5 Å². The van der Waals surface area contributed by atoms with Gasteiger partial charge in [-0.2, -0.15) is 0 Å². The molecule has 0 aromatic carbocycles. The Morgan fingerprint density at radius 3 is 2.42 bits per heavy atom. The van der Waals surface area contributed by atoms with E-state index in [1.54, 1.807) is 0 Å². The molecule has 0 aliphatic heterocycles. The van der Waals surface area contributed by atoms with Crippen LogP contribution >= 0.6 is 0 Å². The Labute approximate surface area is 75.8 Å². The van der Waals surface area contributed by atoms with Crippen molar-refractivity contribution in [1.29, 1.82) is 0 Å². The molecular weight excluding hydrogens is 148 g/mol. The second-order valence-corrected chi connectivity index (χ2v) is 3.68. The van der Waals surface area contributed by atoms with Gasteiger partial charge in [-0.05, 0) is 40.5 Å². The zero-order valence-corrected chi connectivity index (χ0v) is 8.59. The van der Waals surface area contributed by atoms with E-state index in [0.29, 0.717) is 0 Å². The van der Waals surface area contributed by atoms with Crippen LogP contribution in [-0.2, 0) is 0 Å². The molecule has 1 nitrogen and oxygen atoms in total. The topological polar surface area (TPSA) is 20.2 Å². The van der Waals surface area contributed by atoms with Gasteiger partial charge >= 0.3 is 0 Å². The molecule has 1 N–H and O–H groups in total. The summed E-state index contributed by atoms with van der Waals surface area (Å²) in [6, 6.07) is 0. The summed E-state index contributed by atoms with van der Waals surface area (Å²) >= 11 is 0. The summed E-state index contributed by atoms with van der Waals surface area (Å²) < 4.78 is 0. The maximum Gasteiger partial charge on any atom is 0.0802 e. The molecule has 1 unspecified atom stereocenters. The van der Waals surface area contributed by atoms with Crippen LogP contribution in [0.3, 0.4) is 0 Å². The number of rotatable bonds is 4. The lowest BCUT2D eigenvalue weighted by atomic mass is 9.99. The van der Waals surface area contributed by atoms with Gasteiger partial charge in [-0.25, -0.2) is 0 Å². The van der Waals surface area contributed by atoms with E-state index in [4.69, 9.17) is 0 Å². The molecule has 1 atom stereocenters. The van der Waals surface area contributed by atoms with Crippen LogP contribution in [0.15, 0.2) is 23.8 Å². The molecule has 0 fully saturated rings. The van der Waals surface area contributed by atoms with Crippen LogP contribution in [0.4, 0.5) is 0 Å². The first-order chi connectivity index (χ1) is 5.48. The van der Waals surface area contributed by atoms with Crippen molar-refractivity contribution >= 4 is 0 Å². The molecule has 0 aromatic rings. The maximum absolute atomic E-state index is 9.71. The third-order valence-corrected chi connectivity index (χ3v) is 1.73. The fourth-order valence-corrected chi connectivity index (χ4v) is 1.10. The van der Waals surface area contributed by atoms with E-state index >= 15 is 0 Å². The first kappa shape index (κ1) is 11.4. The zero-order chi connectivity index (χ0) is 9.61. The predicted molar refractivity (Wildman–Crippen MR) is 54.1 cm³/mol. The van der Waals surface area contributed by atoms with Gasteiger partial charge in [-0.15, -0.1) is 0 Å². The molecule has 0 rings (SSSR count). The molecule has 0 aromatic heterocycles. The minimum atomic E-state index is -0.638. The van der Waals surface area contributed by atoms with Crippen molar-refractivity contribution in [3.8, 4) is 0 Å². The Kier molecular flexibility index (Phi) is 4.91. The molecular formula is C11H20O. The second-order valence-electron chi connectivity index (χ2n) is 3.68. The van der Waals surface area contributed by atoms with Gasteiger partial charge in [-0.3, -0.25) is 0 Å². The standard InChI is InChI=1S/C11H20O/c1-5-8-11(4,12)9-6-7-10(2)3/h5,7-8,12H,6,9H2,1-4H3/b8-5+. The molecule has 0 spiro atoms. The minimum Gasteiger partial charge on any atom is -0.386 e. The molecule has 0 saturated carbocycles. The number of aliphatic hydroxyl groups is 1. The van der Waals surface area contributed by atoms with Gasteiger partial charge in [0.15, 0.2) is 0 Å². The van der Waals surface area contributed by atoms with E-state index in [9.17, 15) is 5.11 Å². The summed E-state index contributed by atoms with van der Waals surface area (Å²) in [5, 5.41) is 9.71. The number of hydrogen-bond donors (Lipinski definition) is 1. The third kappa shape index (κ3) is 6.17. The van der Waals surface area contributed by atoms with Gasteiger partial charge in [0, 0.05) is 0 Å². The fourth-order valence-electron chi connectivity index (χ4n) is 1.10. The molecule has 0 saturated heterocycles. The largest absolute Gasteiger partial charge is 0.386 e. The Morgan fingerprint density at radius 1 is 1.42 bits per heavy atom. The van der Waals surface area contributed by atoms with Crippen molar-refractivity contribution in [3.63, 3.8) is 0 Å². The van der Waals surface area contributed by atoms with Crippen molar-refractivity contribution in [2.45, 2.75) is 46.1 Å². The SMILES string of the molecule is C/C=C/C(C)(O)CCC=C(C)C. The summed E-state index contributed by atoms with van der Waals surface area (Å²) in [6.07, 6.45) is 7.62. The molecule has 0 aliphatic rings. The van der Waals surface area contributed by atoms with Gasteiger partial charge in [0.25, 0.3) is 0 Å². The van der Waals surface area contributed by atoms with Crippen LogP contribution in [0.5, 0.6) is 0 Å². The highest BCUT2D eigenvalue weighted by atomic mass is 16.3. The Morgan fingerprint density at radius 2 is 2.00 bits per heavy atom. The third-order valence-electron chi connectivity index (χ3n) is 1.73. The van der Waals surface area contributed by atoms with Crippen LogP contribution in [0.25, 0.3) is 0 Å². The van der Waals surface area contributed by atoms with Gasteiger partial charge in [0.2, 0.25) is 0 Å². The Balaban J connectivity index is 3.84. The van der Waals surface area contributed by atoms with Crippen molar-refractivity contribution < 1.29 is 5.11 Å². The molecule has 0 bridgehead atoms. The molecule has 0 heterocycles. The van der Waals surface area contributed by atoms with Crippen LogP contribution in [0, 0.1) is 0 Å². The van der Waals surface area contributed by atoms with E-state index in [1.165, 1.54) is 5.57 Å². The summed E-state index contributed by atoms with van der Waals surface area (Å²) in [4.78, 5) is 0. The summed E-state index contributed by atoms with van der Waals surface area (Å²) in [6.45, 7) is 7.91. The quantitative estimate of drug-likeness (QED) is 0.640. The van der Waals surface area contributed by atoms with Crippen molar-refractivity contribution in [3.05, 3.63) is 23.8 Å². The Hall–Kier alpha value is -0.560. The molecule has 0 aliphatic carbocycles. The second kappa shape index (κ2) is 5.15. The molecule has 70 valence electrons. The highest BCUT2D eigenvalue weighted by Gasteiger charge is 2.13. The Bertz CT molecular complexity index is 171. The highest BCUT2D eigenvalue weighted by Crippen LogP contribution is 2.14. The summed E-state index contributed by atoms with van der Waals surface area (Å²) in [7, 11) is 0. The fraction of sp³-hybridized carbons (Fsp3) is 0.636. The van der Waals surface area contributed by atoms with E-state index in [1.807, 2.05) is 26.0 Å². The molecule has 1 heteroatoms. The van der Waals surface area contributed by atoms with E-state index < -0.39 is 5.60 Å². The first-order valence-corrected chi connectivity index (χ1v) is 4.47. The predicted octanol–water partition coefficient (Wildman–Crippen LogP) is 3.06. The minimum absolute atomic E-state index is 0.638. The lowest BCUT2D eigenvalue weighted by Gasteiger charge is -2.17. The monoisotopic (exact) mass is 168 g/mol. The van der Waals surface area contributed by atoms with Crippen LogP contribution in [0.2, 0.25) is 0 Å². The average molecular weight is 168 g/mol. The van der Waals surface area contributed by atoms with E-state index in [2.05, 4.69) is 19.9 Å². The van der Waals surface area contributed by atoms with Gasteiger partial charge in [-0.1, -0.05) is 23.8 Å². The maximum atomic E-state index is 9.71. The van der Waals surface area contributed by atoms with Crippen LogP contribution < -0.4 is 0 Å². The zero-order valence-electron chi connectivity index (χ0n) is 8.59. The van der Waals surface area contributed by atoms with Crippen molar-refractivity contribution in [2.75, 3.05) is 0 Å². The average Bonchev–Trinajstić information content (AvgIpc) is 1.85. The molecule has 0 radical (unpaired) electrons. The van der Waals surface area contributed by atoms with Crippen LogP contribution in [-0.4, -0.2) is 10.7 Å². The van der Waals surface area contributed by atoms with E-state index in [0.717, 1.165) is 12.8 Å². The van der Waals surface area contributed by atoms with Crippen molar-refractivity contribution in [2.24, 2.45) is 0 Å². The highest BCUT2D eigenvalue weighted by molar-refractivity contribution is 5.00. The molecule has 0 amide bonds. The van der Waals surface area contributed by atoms with Gasteiger partial charge < -0.3 is 5.11 Å². The normalized spacial score (nSPS) is 16.1.